The maximum Gasteiger partial charge on any atom is 0.254 e. The summed E-state index contributed by atoms with van der Waals surface area (Å²) in [6.45, 7) is 4.06. The maximum atomic E-state index is 12.7. The number of hydrogen-bond acceptors (Lipinski definition) is 3. The van der Waals surface area contributed by atoms with E-state index in [1.807, 2.05) is 19.9 Å². The molecule has 0 saturated heterocycles. The molecule has 0 radical (unpaired) electrons. The van der Waals surface area contributed by atoms with Crippen molar-refractivity contribution in [1.82, 2.24) is 4.90 Å². The van der Waals surface area contributed by atoms with Crippen LogP contribution in [-0.4, -0.2) is 36.9 Å². The van der Waals surface area contributed by atoms with Crippen molar-refractivity contribution in [2.75, 3.05) is 25.5 Å². The summed E-state index contributed by atoms with van der Waals surface area (Å²) in [6.07, 6.45) is 0. The molecule has 0 aliphatic carbocycles. The van der Waals surface area contributed by atoms with Gasteiger partial charge in [-0.2, -0.15) is 0 Å². The number of benzene rings is 2. The molecule has 0 unspecified atom stereocenters. The average molecular weight is 440 g/mol. The summed E-state index contributed by atoms with van der Waals surface area (Å²) in [5, 5.41) is 3.34. The van der Waals surface area contributed by atoms with E-state index >= 15 is 0 Å². The van der Waals surface area contributed by atoms with Crippen LogP contribution in [0.2, 0.25) is 5.02 Å². The minimum Gasteiger partial charge on any atom is -0.496 e. The Hall–Kier alpha value is -2.05. The molecule has 0 saturated carbocycles. The number of rotatable bonds is 6. The Morgan fingerprint density at radius 1 is 1.23 bits per heavy atom. The molecule has 26 heavy (non-hydrogen) atoms. The number of aryl methyl sites for hydroxylation is 1. The number of nitrogens with zero attached hydrogens (tertiary/aromatic N) is 1. The van der Waals surface area contributed by atoms with E-state index in [9.17, 15) is 9.59 Å². The van der Waals surface area contributed by atoms with Gasteiger partial charge in [0.05, 0.1) is 11.6 Å². The Bertz CT molecular complexity index is 826. The van der Waals surface area contributed by atoms with E-state index in [2.05, 4.69) is 21.2 Å². The lowest BCUT2D eigenvalue weighted by atomic mass is 10.2. The first kappa shape index (κ1) is 20.3. The predicted molar refractivity (Wildman–Crippen MR) is 107 cm³/mol. The number of amides is 2. The largest absolute Gasteiger partial charge is 0.496 e. The number of hydrogen-bond donors (Lipinski definition) is 1. The van der Waals surface area contributed by atoms with E-state index in [1.165, 1.54) is 4.90 Å². The Labute approximate surface area is 166 Å². The van der Waals surface area contributed by atoms with Gasteiger partial charge >= 0.3 is 0 Å². The first-order valence-corrected chi connectivity index (χ1v) is 9.21. The van der Waals surface area contributed by atoms with Crippen molar-refractivity contribution < 1.29 is 14.3 Å². The summed E-state index contributed by atoms with van der Waals surface area (Å²) in [4.78, 5) is 26.5. The summed E-state index contributed by atoms with van der Waals surface area (Å²) in [5.41, 5.74) is 2.01. The number of carbonyl (C=O) groups excluding carboxylic acids is 2. The smallest absolute Gasteiger partial charge is 0.254 e. The molecule has 0 aliphatic rings. The number of halogens is 2. The van der Waals surface area contributed by atoms with Gasteiger partial charge in [0, 0.05) is 22.8 Å². The lowest BCUT2D eigenvalue weighted by Crippen LogP contribution is -2.38. The Balaban J connectivity index is 2.10. The van der Waals surface area contributed by atoms with Crippen LogP contribution in [0.15, 0.2) is 40.9 Å². The highest BCUT2D eigenvalue weighted by Gasteiger charge is 2.19. The van der Waals surface area contributed by atoms with Crippen LogP contribution in [0.1, 0.15) is 22.8 Å². The molecular formula is C19H20BrClN2O3. The average Bonchev–Trinajstić information content (AvgIpc) is 2.62. The van der Waals surface area contributed by atoms with E-state index in [4.69, 9.17) is 16.3 Å². The fourth-order valence-electron chi connectivity index (χ4n) is 2.40. The van der Waals surface area contributed by atoms with Crippen LogP contribution in [0.5, 0.6) is 5.75 Å². The molecule has 1 N–H and O–H groups in total. The van der Waals surface area contributed by atoms with Gasteiger partial charge in [-0.1, -0.05) is 17.7 Å². The minimum absolute atomic E-state index is 0.0507. The fraction of sp³-hybridized carbons (Fsp3) is 0.263. The van der Waals surface area contributed by atoms with Crippen LogP contribution in [-0.2, 0) is 4.79 Å². The second kappa shape index (κ2) is 9.05. The first-order valence-electron chi connectivity index (χ1n) is 8.04. The Morgan fingerprint density at radius 2 is 1.96 bits per heavy atom. The van der Waals surface area contributed by atoms with Crippen LogP contribution in [0.4, 0.5) is 5.69 Å². The maximum absolute atomic E-state index is 12.7. The molecule has 0 atom stereocenters. The van der Waals surface area contributed by atoms with Gasteiger partial charge < -0.3 is 15.0 Å². The van der Waals surface area contributed by atoms with Crippen LogP contribution in [0.3, 0.4) is 0 Å². The molecule has 2 aromatic carbocycles. The van der Waals surface area contributed by atoms with Crippen molar-refractivity contribution >= 4 is 45.0 Å². The molecular weight excluding hydrogens is 420 g/mol. The summed E-state index contributed by atoms with van der Waals surface area (Å²) < 4.78 is 5.85. The zero-order valence-electron chi connectivity index (χ0n) is 14.8. The quantitative estimate of drug-likeness (QED) is 0.720. The van der Waals surface area contributed by atoms with Crippen molar-refractivity contribution in [1.29, 1.82) is 0 Å². The number of methoxy groups -OCH3 is 1. The van der Waals surface area contributed by atoms with Crippen molar-refractivity contribution in [3.05, 3.63) is 57.0 Å². The van der Waals surface area contributed by atoms with Gasteiger partial charge in [-0.25, -0.2) is 0 Å². The number of carbonyl (C=O) groups is 2. The molecule has 138 valence electrons. The highest BCUT2D eigenvalue weighted by Crippen LogP contribution is 2.26. The topological polar surface area (TPSA) is 58.6 Å². The van der Waals surface area contributed by atoms with Crippen molar-refractivity contribution in [3.8, 4) is 5.75 Å². The molecule has 0 spiro atoms. The van der Waals surface area contributed by atoms with Crippen LogP contribution < -0.4 is 10.1 Å². The SMILES string of the molecule is CCN(CC(=O)Nc1cc(Cl)ccc1C)C(=O)c1ccc(OC)c(Br)c1. The third-order valence-electron chi connectivity index (χ3n) is 3.88. The van der Waals surface area contributed by atoms with E-state index in [-0.39, 0.29) is 18.4 Å². The summed E-state index contributed by atoms with van der Waals surface area (Å²) in [6, 6.07) is 10.3. The lowest BCUT2D eigenvalue weighted by Gasteiger charge is -2.21. The second-order valence-corrected chi connectivity index (χ2v) is 6.97. The van der Waals surface area contributed by atoms with E-state index in [0.29, 0.717) is 33.0 Å². The van der Waals surface area contributed by atoms with E-state index < -0.39 is 0 Å². The van der Waals surface area contributed by atoms with Gasteiger partial charge in [-0.05, 0) is 65.7 Å². The third kappa shape index (κ3) is 4.99. The molecule has 0 heterocycles. The standard InChI is InChI=1S/C19H20BrClN2O3/c1-4-23(19(25)13-6-8-17(26-3)15(20)9-13)11-18(24)22-16-10-14(21)7-5-12(16)2/h5-10H,4,11H2,1-3H3,(H,22,24). The second-order valence-electron chi connectivity index (χ2n) is 5.68. The molecule has 0 bridgehead atoms. The molecule has 5 nitrogen and oxygen atoms in total. The van der Waals surface area contributed by atoms with Crippen LogP contribution in [0.25, 0.3) is 0 Å². The van der Waals surface area contributed by atoms with Gasteiger partial charge in [0.2, 0.25) is 5.91 Å². The third-order valence-corrected chi connectivity index (χ3v) is 4.73. The first-order chi connectivity index (χ1) is 12.3. The zero-order chi connectivity index (χ0) is 19.3. The highest BCUT2D eigenvalue weighted by molar-refractivity contribution is 9.10. The van der Waals surface area contributed by atoms with Crippen LogP contribution >= 0.6 is 27.5 Å². The Morgan fingerprint density at radius 3 is 2.58 bits per heavy atom. The van der Waals surface area contributed by atoms with Gasteiger partial charge in [0.15, 0.2) is 0 Å². The molecule has 7 heteroatoms. The van der Waals surface area contributed by atoms with Crippen LogP contribution in [0, 0.1) is 6.92 Å². The monoisotopic (exact) mass is 438 g/mol. The fourth-order valence-corrected chi connectivity index (χ4v) is 3.11. The van der Waals surface area contributed by atoms with Crippen molar-refractivity contribution in [3.63, 3.8) is 0 Å². The molecule has 2 rings (SSSR count). The van der Waals surface area contributed by atoms with Gasteiger partial charge in [0.1, 0.15) is 12.3 Å². The predicted octanol–water partition coefficient (Wildman–Crippen LogP) is 4.52. The van der Waals surface area contributed by atoms with Gasteiger partial charge in [0.25, 0.3) is 5.91 Å². The lowest BCUT2D eigenvalue weighted by molar-refractivity contribution is -0.116. The molecule has 0 aromatic heterocycles. The summed E-state index contributed by atoms with van der Waals surface area (Å²) in [5.74, 6) is 0.130. The molecule has 0 aliphatic heterocycles. The molecule has 0 fully saturated rings. The Kier molecular flexibility index (Phi) is 7.06. The van der Waals surface area contributed by atoms with Gasteiger partial charge in [-0.15, -0.1) is 0 Å². The minimum atomic E-state index is -0.279. The van der Waals surface area contributed by atoms with Crippen molar-refractivity contribution in [2.45, 2.75) is 13.8 Å². The number of ether oxygens (including phenoxy) is 1. The van der Waals surface area contributed by atoms with Gasteiger partial charge in [-0.3, -0.25) is 9.59 Å². The normalized spacial score (nSPS) is 10.3. The summed E-state index contributed by atoms with van der Waals surface area (Å²) in [7, 11) is 1.56. The molecule has 2 aromatic rings. The zero-order valence-corrected chi connectivity index (χ0v) is 17.1. The summed E-state index contributed by atoms with van der Waals surface area (Å²) >= 11 is 9.34. The molecule has 2 amide bonds. The van der Waals surface area contributed by atoms with E-state index in [1.54, 1.807) is 37.4 Å². The van der Waals surface area contributed by atoms with Crippen molar-refractivity contribution in [2.24, 2.45) is 0 Å². The number of anilines is 1. The highest BCUT2D eigenvalue weighted by atomic mass is 79.9. The number of nitrogens with one attached hydrogen (secondary N) is 1. The number of likely N-dealkylation sites (N-methyl/N-ethyl adjacent to an activating group) is 1. The van der Waals surface area contributed by atoms with E-state index in [0.717, 1.165) is 5.56 Å².